The van der Waals surface area contributed by atoms with Crippen molar-refractivity contribution >= 4 is 130 Å². The van der Waals surface area contributed by atoms with E-state index in [1.165, 1.54) is 128 Å². The van der Waals surface area contributed by atoms with Crippen molar-refractivity contribution in [3.8, 4) is 0 Å². The van der Waals surface area contributed by atoms with Crippen molar-refractivity contribution in [2.45, 2.75) is 183 Å². The van der Waals surface area contributed by atoms with Crippen molar-refractivity contribution in [1.29, 1.82) is 27.0 Å². The number of aliphatic hydroxyl groups excluding tert-OH is 6. The largest absolute Gasteiger partial charge is 0.550 e. The minimum Gasteiger partial charge on any atom is -0.550 e. The van der Waals surface area contributed by atoms with Gasteiger partial charge in [-0.1, -0.05) is 0 Å². The van der Waals surface area contributed by atoms with Crippen LogP contribution in [0.5, 0.6) is 0 Å². The average molecular weight is 2060 g/mol. The number of guanidine groups is 5. The maximum absolute atomic E-state index is 12.0. The fourth-order valence-electron chi connectivity index (χ4n) is 8.00. The molecule has 0 amide bonds. The number of quaternary nitrogens is 5. The molecule has 0 rings (SSSR count). The van der Waals surface area contributed by atoms with Crippen LogP contribution < -0.4 is 65.7 Å². The third-order valence-corrected chi connectivity index (χ3v) is 13.5. The van der Waals surface area contributed by atoms with Crippen LogP contribution in [0.2, 0.25) is 0 Å². The summed E-state index contributed by atoms with van der Waals surface area (Å²) in [5.74, 6) is -11.7. The van der Waals surface area contributed by atoms with Crippen molar-refractivity contribution in [2.24, 2.45) is 40.1 Å². The molecule has 0 bridgehead atoms. The number of carbonyl (C=O) groups is 17. The molecule has 0 aliphatic rings. The van der Waals surface area contributed by atoms with E-state index in [9.17, 15) is 107 Å². The summed E-state index contributed by atoms with van der Waals surface area (Å²) >= 11 is 0. The van der Waals surface area contributed by atoms with E-state index in [2.05, 4.69) is 0 Å². The third kappa shape index (κ3) is 151. The standard InChI is InChI=1S/C15H29N9O6.C11H22N4O4.C11H22N2O5.C10H20N4O4.3C7H15NO3.5C3H6O.C2H6O2/c1-22(13(16)17)4-10(25)28-7-9(30-12(27)6-24(3)15(20)21)8-29-11(26)5-23(2)14(18)19;1-14(11(12)13)6-10(18)19-8(5-9(16)17)7-15(2,3)4;1-7(14)10(12)11(17)18-8(5-9(15)16)6-13(2,3)4;1-6(18-9(16)7(2)11)5-17-8(15)4-14(3)10(12)13;3*1-8(2,3)5-6(9)4-7(10)11;5*1-3(2)4;3-1-2-4/h9H,4-8H2,1-3H3,(H3,16,17)(H3,18,19)(H3,20,21);8H,5-7H2,1-4H3,(H3-,12,13,16,17);7-8,10,14H,5-6,12H2,1-4H3;6-7H,4-5,11H2,1-3H3,(H3,12,13);3*6,9H,4-5H2,1-3H3;5*1-2H3;3-4H,1-2H2/t;;7-,8?,10+;6?,7-;;;;;;;;;/m..10........./s1. The molecule has 0 saturated heterocycles. The highest BCUT2D eigenvalue weighted by Gasteiger charge is 2.30. The summed E-state index contributed by atoms with van der Waals surface area (Å²) in [6.07, 6.45) is -8.37. The summed E-state index contributed by atoms with van der Waals surface area (Å²) in [7, 11) is 35.3. The lowest BCUT2D eigenvalue weighted by atomic mass is 10.2. The first-order chi connectivity index (χ1) is 63.6. The smallest absolute Gasteiger partial charge is 0.326 e. The zero-order valence-electron chi connectivity index (χ0n) is 89.5. The van der Waals surface area contributed by atoms with Gasteiger partial charge in [-0.25, -0.2) is 0 Å². The predicted octanol–water partition coefficient (Wildman–Crippen LogP) is -13.4. The number of aliphatic carboxylic acids is 5. The number of rotatable bonds is 44. The molecule has 0 aromatic rings. The predicted molar refractivity (Wildman–Crippen MR) is 511 cm³/mol. The van der Waals surface area contributed by atoms with Crippen LogP contribution in [0.4, 0.5) is 0 Å². The molecular formula is C85H174N22O35. The summed E-state index contributed by atoms with van der Waals surface area (Å²) in [6, 6.07) is -1.89. The number of nitrogens with zero attached hydrogens (tertiary/aromatic N) is 10. The van der Waals surface area contributed by atoms with Crippen molar-refractivity contribution in [3.05, 3.63) is 0 Å². The first kappa shape index (κ1) is 158. The van der Waals surface area contributed by atoms with Crippen LogP contribution >= 0.6 is 0 Å². The fourth-order valence-corrected chi connectivity index (χ4v) is 8.00. The van der Waals surface area contributed by atoms with Crippen LogP contribution in [-0.4, -0.2) is 508 Å². The minimum atomic E-state index is -1.30. The van der Waals surface area contributed by atoms with Gasteiger partial charge in [0.2, 0.25) is 0 Å². The van der Waals surface area contributed by atoms with Gasteiger partial charge in [0.25, 0.3) is 0 Å². The van der Waals surface area contributed by atoms with Crippen molar-refractivity contribution < 1.29 is 193 Å². The van der Waals surface area contributed by atoms with Crippen molar-refractivity contribution in [3.63, 3.8) is 0 Å². The summed E-state index contributed by atoms with van der Waals surface area (Å²) in [5, 5.41) is 139. The second kappa shape index (κ2) is 86.7. The van der Waals surface area contributed by atoms with E-state index in [1.54, 1.807) is 6.92 Å². The normalized spacial score (nSPS) is 12.3. The molecule has 25 N–H and O–H groups in total. The molecule has 9 atom stereocenters. The van der Waals surface area contributed by atoms with Gasteiger partial charge in [0, 0.05) is 97.2 Å². The van der Waals surface area contributed by atoms with E-state index in [0.717, 1.165) is 14.7 Å². The maximum Gasteiger partial charge on any atom is 0.326 e. The molecule has 0 aromatic heterocycles. The van der Waals surface area contributed by atoms with Crippen LogP contribution in [-0.2, 0) is 115 Å². The minimum absolute atomic E-state index is 0.0664. The summed E-state index contributed by atoms with van der Waals surface area (Å²) in [6.45, 7) is 19.2. The van der Waals surface area contributed by atoms with Crippen LogP contribution in [0.15, 0.2) is 0 Å². The van der Waals surface area contributed by atoms with Crippen LogP contribution in [0.1, 0.15) is 122 Å². The Morgan fingerprint density at radius 1 is 0.303 bits per heavy atom. The lowest BCUT2D eigenvalue weighted by molar-refractivity contribution is -0.873. The number of likely N-dealkylation sites (N-methyl/N-ethyl adjacent to an activating group) is 10. The molecule has 0 aliphatic carbocycles. The molecular weight excluding hydrogens is 1890 g/mol. The number of aliphatic hydroxyl groups is 6. The van der Waals surface area contributed by atoms with Crippen molar-refractivity contribution in [1.82, 2.24) is 24.5 Å². The topological polar surface area (TPSA) is 909 Å². The number of carboxylic acids is 5. The molecule has 834 valence electrons. The van der Waals surface area contributed by atoms with E-state index in [0.29, 0.717) is 55.1 Å². The molecule has 57 heteroatoms. The quantitative estimate of drug-likeness (QED) is 0.00885. The Bertz CT molecular complexity index is 3530. The van der Waals surface area contributed by atoms with E-state index < -0.39 is 152 Å². The van der Waals surface area contributed by atoms with E-state index >= 15 is 0 Å². The number of carbonyl (C=O) groups excluding carboxylic acids is 17. The molecule has 0 radical (unpaired) electrons. The highest BCUT2D eigenvalue weighted by atomic mass is 16.6. The van der Waals surface area contributed by atoms with Gasteiger partial charge in [-0.15, -0.1) is 0 Å². The van der Waals surface area contributed by atoms with Gasteiger partial charge < -0.3 is 224 Å². The maximum atomic E-state index is 12.0. The van der Waals surface area contributed by atoms with Gasteiger partial charge in [-0.3, -0.25) is 60.6 Å². The van der Waals surface area contributed by atoms with E-state index in [4.69, 9.17) is 131 Å². The van der Waals surface area contributed by atoms with Crippen LogP contribution in [0, 0.1) is 27.0 Å². The number of carboxylic acid groups (broad SMARTS) is 5. The highest BCUT2D eigenvalue weighted by molar-refractivity contribution is 5.85. The van der Waals surface area contributed by atoms with Gasteiger partial charge in [0.05, 0.1) is 125 Å². The Balaban J connectivity index is -0.000000122. The fraction of sp³-hybridized carbons (Fsp3) is 0.741. The van der Waals surface area contributed by atoms with Gasteiger partial charge >= 0.3 is 41.8 Å². The second-order valence-electron chi connectivity index (χ2n) is 37.0. The SMILES string of the molecule is CC(C)=O.CC(C)=O.CC(C)=O.CC(C)=O.CC(C)=O.CC(COC(=O)CN(C)C(=N)N)OC(=O)[C@H](C)N.CN(CC(=O)OC(CC(=O)[O-])C[N+](C)(C)C)C(=N)N.CN(CC(=O)OCC(COC(=O)CN(C)C(=N)N)OC(=O)CN(C)C(=N)N)C(=N)N.C[C@@H](O)[C@H](N)C(=O)OC(CC(=O)[O-])C[N+](C)(C)C.C[N+](C)(C)CC(O)CC(=O)[O-].C[N+](C)(C)CC(O)CC(=O)[O-].C[N+](C)(C)CC(O)CC(=O)[O-].OCCO. The second-order valence-corrected chi connectivity index (χ2v) is 37.0. The Kier molecular flexibility index (Phi) is 96.4. The van der Waals surface area contributed by atoms with Gasteiger partial charge in [-0.05, 0) is 90.0 Å². The summed E-state index contributed by atoms with van der Waals surface area (Å²) in [5.41, 5.74) is 36.8. The number of Topliss-reactive ketones (excluding diaryl/α,β-unsaturated/α-hetero) is 5. The number of hydrogen-bond donors (Lipinski definition) is 18. The molecule has 142 heavy (non-hydrogen) atoms. The highest BCUT2D eigenvalue weighted by Crippen LogP contribution is 2.10. The lowest BCUT2D eigenvalue weighted by Crippen LogP contribution is -2.48. The van der Waals surface area contributed by atoms with Gasteiger partial charge in [-0.2, -0.15) is 0 Å². The monoisotopic (exact) mass is 2060 g/mol. The van der Waals surface area contributed by atoms with E-state index in [-0.39, 0.29) is 137 Å². The summed E-state index contributed by atoms with van der Waals surface area (Å²) in [4.78, 5) is 185. The average Bonchev–Trinajstić information content (AvgIpc) is 0.888. The molecule has 0 fully saturated rings. The number of ketones is 5. The Morgan fingerprint density at radius 3 is 0.669 bits per heavy atom. The zero-order chi connectivity index (χ0) is 116. The van der Waals surface area contributed by atoms with Gasteiger partial charge in [0.1, 0.15) is 151 Å². The Hall–Kier alpha value is -12.2. The molecule has 0 spiro atoms. The number of ether oxygens (including phenoxy) is 7. The van der Waals surface area contributed by atoms with Crippen molar-refractivity contribution in [2.75, 3.05) is 239 Å². The zero-order valence-corrected chi connectivity index (χ0v) is 89.5. The molecule has 0 aliphatic heterocycles. The molecule has 0 saturated carbocycles. The molecule has 0 aromatic carbocycles. The van der Waals surface area contributed by atoms with E-state index in [1.807, 2.05) is 106 Å². The van der Waals surface area contributed by atoms with Crippen LogP contribution in [0.3, 0.4) is 0 Å². The van der Waals surface area contributed by atoms with Gasteiger partial charge in [0.15, 0.2) is 48.1 Å². The Labute approximate surface area is 834 Å². The van der Waals surface area contributed by atoms with Crippen LogP contribution in [0.25, 0.3) is 0 Å². The first-order valence-electron chi connectivity index (χ1n) is 43.0. The number of esters is 7. The lowest BCUT2D eigenvalue weighted by Gasteiger charge is -2.30. The summed E-state index contributed by atoms with van der Waals surface area (Å²) < 4.78 is 37.5. The molecule has 0 heterocycles. The molecule has 6 unspecified atom stereocenters. The number of nitrogens with two attached hydrogens (primary N) is 7. The first-order valence-corrected chi connectivity index (χ1v) is 43.0. The Morgan fingerprint density at radius 2 is 0.493 bits per heavy atom. The number of hydrogen-bond acceptors (Lipinski definition) is 42. The molecule has 57 nitrogen and oxygen atoms in total. The number of nitrogens with one attached hydrogen (secondary N) is 5. The third-order valence-electron chi connectivity index (χ3n) is 13.5.